The Morgan fingerprint density at radius 1 is 1.00 bits per heavy atom. The van der Waals surface area contributed by atoms with Crippen molar-refractivity contribution < 1.29 is 58.4 Å². The van der Waals surface area contributed by atoms with E-state index in [1.54, 1.807) is 46.9 Å². The molecular weight excluding hydrogens is 798 g/mol. The van der Waals surface area contributed by atoms with Crippen LogP contribution in [-0.2, 0) is 33.2 Å². The van der Waals surface area contributed by atoms with Gasteiger partial charge in [-0.3, -0.25) is 4.79 Å². The lowest BCUT2D eigenvalue weighted by Gasteiger charge is -2.49. The lowest BCUT2D eigenvalue weighted by atomic mass is 9.77. The van der Waals surface area contributed by atoms with Gasteiger partial charge >= 0.3 is 5.97 Å². The van der Waals surface area contributed by atoms with E-state index in [0.29, 0.717) is 23.9 Å². The molecule has 0 radical (unpaired) electrons. The number of methoxy groups -OCH3 is 1. The molecule has 15 nitrogen and oxygen atoms in total. The van der Waals surface area contributed by atoms with Gasteiger partial charge in [-0.05, 0) is 113 Å². The van der Waals surface area contributed by atoms with Crippen LogP contribution in [-0.4, -0.2) is 166 Å². The molecular formula is C44H76ClN3O12. The summed E-state index contributed by atoms with van der Waals surface area (Å²) in [6.45, 7) is 20.1. The molecule has 3 aliphatic heterocycles. The first-order valence-electron chi connectivity index (χ1n) is 21.6. The summed E-state index contributed by atoms with van der Waals surface area (Å²) < 4.78 is 45.5. The SMILES string of the molecule is CCC1OC(=O)C(C)C(O[C@H]2C[C@@](C)(OC)[C@@H](O)[C@H](C)O2)C(C)C(O[C@@H]2O[C@H](C)C[C@H](N(C)C)[C@H]2Oc2cnc(Cl)cc2C)C(C)(O)CC(C)CN(C)C(C)C(O)C1(C)O. The largest absolute Gasteiger partial charge is 0.482 e. The van der Waals surface area contributed by atoms with Crippen LogP contribution >= 0.6 is 11.6 Å². The highest BCUT2D eigenvalue weighted by Gasteiger charge is 2.53. The highest BCUT2D eigenvalue weighted by molar-refractivity contribution is 6.29. The maximum absolute atomic E-state index is 14.5. The van der Waals surface area contributed by atoms with Crippen LogP contribution in [0.15, 0.2) is 12.3 Å². The third-order valence-corrected chi connectivity index (χ3v) is 13.7. The molecule has 0 saturated carbocycles. The zero-order valence-electron chi connectivity index (χ0n) is 38.6. The average Bonchev–Trinajstić information content (AvgIpc) is 3.16. The minimum absolute atomic E-state index is 0.125. The zero-order valence-corrected chi connectivity index (χ0v) is 39.4. The first kappa shape index (κ1) is 50.9. The number of ether oxygens (including phenoxy) is 7. The second kappa shape index (κ2) is 20.4. The van der Waals surface area contributed by atoms with Crippen LogP contribution in [0, 0.1) is 24.7 Å². The van der Waals surface area contributed by atoms with E-state index in [4.69, 9.17) is 44.8 Å². The van der Waals surface area contributed by atoms with Gasteiger partial charge in [-0.15, -0.1) is 0 Å². The number of aryl methyl sites for hydroxylation is 1. The van der Waals surface area contributed by atoms with Crippen molar-refractivity contribution in [1.29, 1.82) is 0 Å². The number of cyclic esters (lactones) is 1. The highest BCUT2D eigenvalue weighted by Crippen LogP contribution is 2.41. The minimum Gasteiger partial charge on any atom is -0.482 e. The molecule has 346 valence electrons. The van der Waals surface area contributed by atoms with Gasteiger partial charge in [0.25, 0.3) is 0 Å². The zero-order chi connectivity index (χ0) is 45.2. The number of carbonyl (C=O) groups excluding carboxylic acids is 1. The topological polar surface area (TPSA) is 182 Å². The smallest absolute Gasteiger partial charge is 0.311 e. The van der Waals surface area contributed by atoms with E-state index in [1.165, 1.54) is 14.0 Å². The minimum atomic E-state index is -1.82. The lowest BCUT2D eigenvalue weighted by molar-refractivity contribution is -0.316. The van der Waals surface area contributed by atoms with E-state index in [1.807, 2.05) is 60.7 Å². The molecule has 10 unspecified atom stereocenters. The molecule has 0 amide bonds. The molecule has 18 atom stereocenters. The number of hydrogen-bond donors (Lipinski definition) is 4. The van der Waals surface area contributed by atoms with Crippen molar-refractivity contribution in [2.45, 2.75) is 192 Å². The van der Waals surface area contributed by atoms with Crippen LogP contribution in [0.2, 0.25) is 5.15 Å². The standard InChI is InChI=1S/C44H76ClN3O12/c1-16-32-44(11,53)37(49)28(7)48(14)22-23(2)19-42(9,52)39(26(5)35(27(6)40(51)58-32)59-34-20-43(10,54-15)38(50)29(8)56-34)60-41-36(30(47(12)13)18-25(4)55-41)57-31-21-46-33(45)17-24(31)3/h17,21,23,25-30,32,34-39,41,49-50,52-53H,16,18-20,22H2,1-15H3/t23?,25-,26?,27?,28?,29+,30+,32?,34+,35?,36-,37?,38+,39?,41+,42?,43-,44?/m1/s1. The van der Waals surface area contributed by atoms with Gasteiger partial charge < -0.3 is 63.4 Å². The Balaban J connectivity index is 1.88. The molecule has 0 aliphatic carbocycles. The average molecular weight is 875 g/mol. The first-order chi connectivity index (χ1) is 27.8. The number of pyridine rings is 1. The van der Waals surface area contributed by atoms with Crippen molar-refractivity contribution in [3.63, 3.8) is 0 Å². The van der Waals surface area contributed by atoms with Gasteiger partial charge in [-0.1, -0.05) is 32.4 Å². The monoisotopic (exact) mass is 874 g/mol. The van der Waals surface area contributed by atoms with E-state index >= 15 is 0 Å². The van der Waals surface area contributed by atoms with Crippen LogP contribution < -0.4 is 4.74 Å². The number of halogens is 1. The van der Waals surface area contributed by atoms with Crippen LogP contribution in [0.3, 0.4) is 0 Å². The number of esters is 1. The van der Waals surface area contributed by atoms with Crippen molar-refractivity contribution in [2.75, 3.05) is 34.8 Å². The predicted octanol–water partition coefficient (Wildman–Crippen LogP) is 4.34. The van der Waals surface area contributed by atoms with Crippen molar-refractivity contribution in [2.24, 2.45) is 17.8 Å². The van der Waals surface area contributed by atoms with E-state index in [0.717, 1.165) is 5.56 Å². The number of aliphatic hydroxyl groups excluding tert-OH is 2. The summed E-state index contributed by atoms with van der Waals surface area (Å²) in [6, 6.07) is 0.984. The summed E-state index contributed by atoms with van der Waals surface area (Å²) in [5, 5.41) is 47.7. The molecule has 60 heavy (non-hydrogen) atoms. The number of aromatic nitrogens is 1. The van der Waals surface area contributed by atoms with Gasteiger partial charge in [-0.25, -0.2) is 4.98 Å². The molecule has 3 aliphatic rings. The molecule has 0 aromatic carbocycles. The van der Waals surface area contributed by atoms with Gasteiger partial charge in [0.1, 0.15) is 34.8 Å². The molecule has 4 heterocycles. The quantitative estimate of drug-likeness (QED) is 0.203. The maximum Gasteiger partial charge on any atom is 0.311 e. The molecule has 3 saturated heterocycles. The van der Waals surface area contributed by atoms with Crippen LogP contribution in [0.1, 0.15) is 100 Å². The summed E-state index contributed by atoms with van der Waals surface area (Å²) in [6.07, 6.45) is -6.28. The summed E-state index contributed by atoms with van der Waals surface area (Å²) in [4.78, 5) is 22.7. The van der Waals surface area contributed by atoms with Crippen LogP contribution in [0.4, 0.5) is 0 Å². The Kier molecular flexibility index (Phi) is 17.3. The number of hydrogen-bond acceptors (Lipinski definition) is 15. The molecule has 16 heteroatoms. The molecule has 4 N–H and O–H groups in total. The van der Waals surface area contributed by atoms with Crippen LogP contribution in [0.5, 0.6) is 5.75 Å². The Bertz CT molecular complexity index is 1560. The second-order valence-corrected chi connectivity index (χ2v) is 19.4. The van der Waals surface area contributed by atoms with Crippen molar-refractivity contribution in [3.8, 4) is 5.75 Å². The fraction of sp³-hybridized carbons (Fsp3) is 0.864. The Morgan fingerprint density at radius 2 is 1.65 bits per heavy atom. The summed E-state index contributed by atoms with van der Waals surface area (Å²) in [7, 11) is 7.31. The molecule has 1 aromatic rings. The third-order valence-electron chi connectivity index (χ3n) is 13.5. The Hall–Kier alpha value is -1.73. The lowest BCUT2D eigenvalue weighted by Crippen LogP contribution is -2.61. The molecule has 0 bridgehead atoms. The summed E-state index contributed by atoms with van der Waals surface area (Å²) in [5.74, 6) is -2.13. The molecule has 1 aromatic heterocycles. The van der Waals surface area contributed by atoms with E-state index in [9.17, 15) is 25.2 Å². The number of likely N-dealkylation sites (N-methyl/N-ethyl adjacent to an activating group) is 2. The highest BCUT2D eigenvalue weighted by atomic mass is 35.5. The number of aliphatic hydroxyl groups is 4. The fourth-order valence-corrected chi connectivity index (χ4v) is 9.84. The van der Waals surface area contributed by atoms with Gasteiger partial charge in [0.2, 0.25) is 0 Å². The maximum atomic E-state index is 14.5. The summed E-state index contributed by atoms with van der Waals surface area (Å²) >= 11 is 6.22. The fourth-order valence-electron chi connectivity index (χ4n) is 9.63. The molecule has 3 fully saturated rings. The Labute approximate surface area is 363 Å². The van der Waals surface area contributed by atoms with Crippen molar-refractivity contribution in [3.05, 3.63) is 23.0 Å². The second-order valence-electron chi connectivity index (χ2n) is 19.0. The van der Waals surface area contributed by atoms with Crippen LogP contribution in [0.25, 0.3) is 0 Å². The van der Waals surface area contributed by atoms with E-state index in [-0.39, 0.29) is 37.3 Å². The van der Waals surface area contributed by atoms with E-state index in [2.05, 4.69) is 9.88 Å². The third kappa shape index (κ3) is 11.5. The van der Waals surface area contributed by atoms with Crippen molar-refractivity contribution in [1.82, 2.24) is 14.8 Å². The van der Waals surface area contributed by atoms with Gasteiger partial charge in [0, 0.05) is 32.0 Å². The number of rotatable bonds is 9. The normalized spacial score (nSPS) is 44.5. The first-order valence-corrected chi connectivity index (χ1v) is 22.0. The number of carbonyl (C=O) groups is 1. The molecule has 4 rings (SSSR count). The Morgan fingerprint density at radius 3 is 2.23 bits per heavy atom. The van der Waals surface area contributed by atoms with E-state index < -0.39 is 96.0 Å². The summed E-state index contributed by atoms with van der Waals surface area (Å²) in [5.41, 5.74) is -3.66. The molecule has 0 spiro atoms. The van der Waals surface area contributed by atoms with Crippen molar-refractivity contribution >= 4 is 17.6 Å². The van der Waals surface area contributed by atoms with Gasteiger partial charge in [-0.2, -0.15) is 0 Å². The predicted molar refractivity (Wildman–Crippen MR) is 227 cm³/mol. The number of nitrogens with zero attached hydrogens (tertiary/aromatic N) is 3. The van der Waals surface area contributed by atoms with Gasteiger partial charge in [0.05, 0.1) is 53.8 Å². The van der Waals surface area contributed by atoms with Gasteiger partial charge in [0.15, 0.2) is 18.7 Å².